The van der Waals surface area contributed by atoms with Crippen LogP contribution in [0.2, 0.25) is 0 Å². The summed E-state index contributed by atoms with van der Waals surface area (Å²) in [5.41, 5.74) is 1.12. The fraction of sp³-hybridized carbons (Fsp3) is 0.588. The maximum Gasteiger partial charge on any atom is 0.317 e. The van der Waals surface area contributed by atoms with Crippen molar-refractivity contribution in [2.24, 2.45) is 0 Å². The highest BCUT2D eigenvalue weighted by Gasteiger charge is 2.16. The number of rotatable bonds is 2. The number of amides is 2. The standard InChI is InChI=1S/C17H29N5O/c1-15(16-5-3-2-4-6-16)21-17(23)22-13-11-19-9-7-18-8-10-20-12-14-22/h2-6,15,18-20H,7-14H2,1H3,(H,21,23)/t15-/m0/s1. The zero-order chi connectivity index (χ0) is 16.3. The first-order valence-electron chi connectivity index (χ1n) is 8.50. The molecule has 6 heteroatoms. The predicted octanol–water partition coefficient (Wildman–Crippen LogP) is 0.542. The third-order valence-electron chi connectivity index (χ3n) is 4.00. The van der Waals surface area contributed by atoms with Gasteiger partial charge in [0, 0.05) is 52.4 Å². The van der Waals surface area contributed by atoms with Gasteiger partial charge in [-0.15, -0.1) is 0 Å². The van der Waals surface area contributed by atoms with Crippen molar-refractivity contribution in [2.75, 3.05) is 52.4 Å². The lowest BCUT2D eigenvalue weighted by Crippen LogP contribution is -2.48. The highest BCUT2D eigenvalue weighted by molar-refractivity contribution is 5.74. The van der Waals surface area contributed by atoms with E-state index in [2.05, 4.69) is 21.3 Å². The molecule has 23 heavy (non-hydrogen) atoms. The van der Waals surface area contributed by atoms with Crippen molar-refractivity contribution >= 4 is 6.03 Å². The first-order valence-corrected chi connectivity index (χ1v) is 8.50. The van der Waals surface area contributed by atoms with Crippen molar-refractivity contribution in [3.05, 3.63) is 35.9 Å². The van der Waals surface area contributed by atoms with Crippen molar-refractivity contribution < 1.29 is 4.79 Å². The maximum atomic E-state index is 12.5. The molecule has 0 spiro atoms. The highest BCUT2D eigenvalue weighted by Crippen LogP contribution is 2.11. The number of hydrogen-bond acceptors (Lipinski definition) is 4. The van der Waals surface area contributed by atoms with E-state index in [0.717, 1.165) is 57.9 Å². The van der Waals surface area contributed by atoms with Crippen LogP contribution < -0.4 is 21.3 Å². The van der Waals surface area contributed by atoms with Crippen LogP contribution in [0, 0.1) is 0 Å². The van der Waals surface area contributed by atoms with Crippen LogP contribution in [0.15, 0.2) is 30.3 Å². The third-order valence-corrected chi connectivity index (χ3v) is 4.00. The molecule has 1 aromatic carbocycles. The van der Waals surface area contributed by atoms with Gasteiger partial charge in [0.1, 0.15) is 0 Å². The molecular formula is C17H29N5O. The van der Waals surface area contributed by atoms with Crippen LogP contribution in [0.4, 0.5) is 4.79 Å². The van der Waals surface area contributed by atoms with Crippen LogP contribution in [0.25, 0.3) is 0 Å². The molecule has 0 saturated carbocycles. The van der Waals surface area contributed by atoms with E-state index < -0.39 is 0 Å². The normalized spacial score (nSPS) is 19.3. The Kier molecular flexibility index (Phi) is 7.86. The van der Waals surface area contributed by atoms with E-state index in [1.54, 1.807) is 0 Å². The van der Waals surface area contributed by atoms with Gasteiger partial charge in [-0.3, -0.25) is 0 Å². The average molecular weight is 319 g/mol. The largest absolute Gasteiger partial charge is 0.331 e. The second-order valence-corrected chi connectivity index (χ2v) is 5.82. The number of carbonyl (C=O) groups is 1. The van der Waals surface area contributed by atoms with E-state index in [0.29, 0.717) is 0 Å². The minimum absolute atomic E-state index is 0.000127. The van der Waals surface area contributed by atoms with Gasteiger partial charge in [-0.25, -0.2) is 4.79 Å². The molecule has 1 aromatic rings. The van der Waals surface area contributed by atoms with Gasteiger partial charge in [-0.05, 0) is 12.5 Å². The van der Waals surface area contributed by atoms with E-state index >= 15 is 0 Å². The zero-order valence-corrected chi connectivity index (χ0v) is 14.0. The summed E-state index contributed by atoms with van der Waals surface area (Å²) in [6, 6.07) is 10.1. The van der Waals surface area contributed by atoms with Crippen LogP contribution >= 0.6 is 0 Å². The second kappa shape index (κ2) is 10.2. The van der Waals surface area contributed by atoms with Crippen molar-refractivity contribution in [3.63, 3.8) is 0 Å². The molecule has 1 aliphatic heterocycles. The second-order valence-electron chi connectivity index (χ2n) is 5.82. The summed E-state index contributed by atoms with van der Waals surface area (Å²) in [7, 11) is 0. The molecule has 1 heterocycles. The van der Waals surface area contributed by atoms with Crippen molar-refractivity contribution in [1.29, 1.82) is 0 Å². The fourth-order valence-corrected chi connectivity index (χ4v) is 2.57. The Morgan fingerprint density at radius 3 is 2.04 bits per heavy atom. The van der Waals surface area contributed by atoms with Gasteiger partial charge in [0.05, 0.1) is 6.04 Å². The van der Waals surface area contributed by atoms with Crippen LogP contribution in [0.5, 0.6) is 0 Å². The Morgan fingerprint density at radius 2 is 1.48 bits per heavy atom. The Balaban J connectivity index is 1.86. The van der Waals surface area contributed by atoms with Gasteiger partial charge in [-0.2, -0.15) is 0 Å². The maximum absolute atomic E-state index is 12.5. The molecule has 1 aliphatic rings. The number of nitrogens with zero attached hydrogens (tertiary/aromatic N) is 1. The van der Waals surface area contributed by atoms with Gasteiger partial charge in [0.2, 0.25) is 0 Å². The van der Waals surface area contributed by atoms with Gasteiger partial charge in [0.15, 0.2) is 0 Å². The van der Waals surface area contributed by atoms with Crippen LogP contribution in [-0.2, 0) is 0 Å². The molecule has 2 amide bonds. The molecule has 128 valence electrons. The summed E-state index contributed by atoms with van der Waals surface area (Å²) < 4.78 is 0. The topological polar surface area (TPSA) is 68.4 Å². The molecule has 2 rings (SSSR count). The van der Waals surface area contributed by atoms with Gasteiger partial charge >= 0.3 is 6.03 Å². The lowest BCUT2D eigenvalue weighted by Gasteiger charge is -2.26. The van der Waals surface area contributed by atoms with E-state index in [9.17, 15) is 4.79 Å². The first kappa shape index (κ1) is 17.7. The lowest BCUT2D eigenvalue weighted by molar-refractivity contribution is 0.194. The minimum atomic E-state index is 0.000127. The molecule has 0 unspecified atom stereocenters. The van der Waals surface area contributed by atoms with Crippen molar-refractivity contribution in [2.45, 2.75) is 13.0 Å². The SMILES string of the molecule is C[C@H](NC(=O)N1CCNCCNCCNCC1)c1ccccc1. The smallest absolute Gasteiger partial charge is 0.317 e. The molecule has 0 radical (unpaired) electrons. The Labute approximate surface area is 139 Å². The Bertz CT molecular complexity index is 442. The Hall–Kier alpha value is -1.63. The summed E-state index contributed by atoms with van der Waals surface area (Å²) in [6.45, 7) is 8.85. The molecular weight excluding hydrogens is 290 g/mol. The number of urea groups is 1. The Morgan fingerprint density at radius 1 is 0.957 bits per heavy atom. The summed E-state index contributed by atoms with van der Waals surface area (Å²) in [5, 5.41) is 13.2. The van der Waals surface area contributed by atoms with E-state index in [1.165, 1.54) is 0 Å². The predicted molar refractivity (Wildman–Crippen MR) is 93.6 cm³/mol. The number of carbonyl (C=O) groups excluding carboxylic acids is 1. The van der Waals surface area contributed by atoms with Crippen LogP contribution in [0.3, 0.4) is 0 Å². The number of benzene rings is 1. The van der Waals surface area contributed by atoms with E-state index in [4.69, 9.17) is 0 Å². The number of nitrogens with one attached hydrogen (secondary N) is 4. The number of hydrogen-bond donors (Lipinski definition) is 4. The fourth-order valence-electron chi connectivity index (χ4n) is 2.57. The van der Waals surface area contributed by atoms with E-state index in [1.807, 2.05) is 42.2 Å². The zero-order valence-electron chi connectivity index (χ0n) is 14.0. The average Bonchev–Trinajstić information content (AvgIpc) is 2.56. The summed E-state index contributed by atoms with van der Waals surface area (Å²) in [6.07, 6.45) is 0. The van der Waals surface area contributed by atoms with E-state index in [-0.39, 0.29) is 12.1 Å². The van der Waals surface area contributed by atoms with Gasteiger partial charge < -0.3 is 26.2 Å². The molecule has 1 fully saturated rings. The summed E-state index contributed by atoms with van der Waals surface area (Å²) >= 11 is 0. The van der Waals surface area contributed by atoms with Crippen LogP contribution in [0.1, 0.15) is 18.5 Å². The quantitative estimate of drug-likeness (QED) is 0.642. The molecule has 4 N–H and O–H groups in total. The van der Waals surface area contributed by atoms with Crippen molar-refractivity contribution in [3.8, 4) is 0 Å². The highest BCUT2D eigenvalue weighted by atomic mass is 16.2. The lowest BCUT2D eigenvalue weighted by atomic mass is 10.1. The molecule has 0 bridgehead atoms. The monoisotopic (exact) mass is 319 g/mol. The molecule has 0 aromatic heterocycles. The molecule has 1 atom stereocenters. The first-order chi connectivity index (χ1) is 11.3. The third kappa shape index (κ3) is 6.56. The molecule has 0 aliphatic carbocycles. The molecule has 6 nitrogen and oxygen atoms in total. The van der Waals surface area contributed by atoms with Crippen LogP contribution in [-0.4, -0.2) is 63.3 Å². The summed E-state index contributed by atoms with van der Waals surface area (Å²) in [4.78, 5) is 14.4. The van der Waals surface area contributed by atoms with Crippen molar-refractivity contribution in [1.82, 2.24) is 26.2 Å². The molecule has 1 saturated heterocycles. The summed E-state index contributed by atoms with van der Waals surface area (Å²) in [5.74, 6) is 0. The van der Waals surface area contributed by atoms with Gasteiger partial charge in [-0.1, -0.05) is 30.3 Å². The minimum Gasteiger partial charge on any atom is -0.331 e. The van der Waals surface area contributed by atoms with Gasteiger partial charge in [0.25, 0.3) is 0 Å².